The van der Waals surface area contributed by atoms with Crippen LogP contribution < -0.4 is 15.4 Å². The van der Waals surface area contributed by atoms with Gasteiger partial charge in [-0.1, -0.05) is 12.1 Å². The van der Waals surface area contributed by atoms with Crippen molar-refractivity contribution in [2.45, 2.75) is 12.8 Å². The number of para-hydroxylation sites is 2. The minimum Gasteiger partial charge on any atom is -0.495 e. The van der Waals surface area contributed by atoms with Gasteiger partial charge in [0.2, 0.25) is 0 Å². The monoisotopic (exact) mass is 277 g/mol. The molecule has 0 atom stereocenters. The summed E-state index contributed by atoms with van der Waals surface area (Å²) in [5.74, 6) is 1.36. The highest BCUT2D eigenvalue weighted by atomic mass is 16.5. The lowest BCUT2D eigenvalue weighted by molar-refractivity contribution is 0.182. The second-order valence-electron chi connectivity index (χ2n) is 5.12. The van der Waals surface area contributed by atoms with Crippen molar-refractivity contribution in [2.24, 2.45) is 5.92 Å². The number of carbonyl (C=O) groups excluding carboxylic acids is 1. The third-order valence-electron chi connectivity index (χ3n) is 3.74. The molecule has 0 aromatic heterocycles. The number of nitrogens with one attached hydrogen (secondary N) is 2. The fourth-order valence-electron chi connectivity index (χ4n) is 2.57. The molecule has 1 heterocycles. The summed E-state index contributed by atoms with van der Waals surface area (Å²) >= 11 is 0. The van der Waals surface area contributed by atoms with Crippen LogP contribution in [0.15, 0.2) is 24.3 Å². The van der Waals surface area contributed by atoms with Crippen LogP contribution in [-0.2, 0) is 0 Å². The Morgan fingerprint density at radius 3 is 2.70 bits per heavy atom. The van der Waals surface area contributed by atoms with E-state index < -0.39 is 0 Å². The highest BCUT2D eigenvalue weighted by Crippen LogP contribution is 2.24. The molecule has 5 nitrogen and oxygen atoms in total. The van der Waals surface area contributed by atoms with Crippen LogP contribution in [0, 0.1) is 5.92 Å². The first-order chi connectivity index (χ1) is 9.74. The molecule has 2 N–H and O–H groups in total. The zero-order chi connectivity index (χ0) is 14.4. The second kappa shape index (κ2) is 7.14. The van der Waals surface area contributed by atoms with E-state index in [1.54, 1.807) is 7.11 Å². The van der Waals surface area contributed by atoms with Gasteiger partial charge in [-0.15, -0.1) is 0 Å². The third-order valence-corrected chi connectivity index (χ3v) is 3.74. The Kier molecular flexibility index (Phi) is 5.24. The summed E-state index contributed by atoms with van der Waals surface area (Å²) in [7, 11) is 3.58. The Labute approximate surface area is 120 Å². The molecule has 1 aromatic rings. The quantitative estimate of drug-likeness (QED) is 0.886. The van der Waals surface area contributed by atoms with E-state index in [2.05, 4.69) is 10.6 Å². The number of likely N-dealkylation sites (tertiary alicyclic amines) is 1. The smallest absolute Gasteiger partial charge is 0.321 e. The third kappa shape index (κ3) is 3.63. The van der Waals surface area contributed by atoms with Crippen LogP contribution in [0.2, 0.25) is 0 Å². The standard InChI is InChI=1S/C15H23N3O2/c1-16-11-12-7-9-18(10-8-12)15(19)17-13-5-3-4-6-14(13)20-2/h3-6,12,16H,7-11H2,1-2H3,(H,17,19). The molecule has 1 saturated heterocycles. The van der Waals surface area contributed by atoms with Crippen molar-refractivity contribution in [1.82, 2.24) is 10.2 Å². The summed E-state index contributed by atoms with van der Waals surface area (Å²) in [5.41, 5.74) is 0.720. The van der Waals surface area contributed by atoms with Crippen molar-refractivity contribution in [2.75, 3.05) is 39.1 Å². The summed E-state index contributed by atoms with van der Waals surface area (Å²) in [6.07, 6.45) is 2.11. The van der Waals surface area contributed by atoms with Crippen LogP contribution in [0.3, 0.4) is 0 Å². The maximum atomic E-state index is 12.2. The number of hydrogen-bond donors (Lipinski definition) is 2. The Balaban J connectivity index is 1.89. The summed E-state index contributed by atoms with van der Waals surface area (Å²) in [6.45, 7) is 2.66. The summed E-state index contributed by atoms with van der Waals surface area (Å²) in [5, 5.41) is 6.13. The summed E-state index contributed by atoms with van der Waals surface area (Å²) < 4.78 is 5.24. The molecular weight excluding hydrogens is 254 g/mol. The van der Waals surface area contributed by atoms with E-state index in [0.29, 0.717) is 11.7 Å². The molecule has 0 aliphatic carbocycles. The van der Waals surface area contributed by atoms with Gasteiger partial charge in [-0.25, -0.2) is 4.79 Å². The Bertz CT molecular complexity index is 442. The van der Waals surface area contributed by atoms with Gasteiger partial charge in [-0.05, 0) is 44.5 Å². The van der Waals surface area contributed by atoms with E-state index in [9.17, 15) is 4.79 Å². The molecule has 1 aromatic carbocycles. The average Bonchev–Trinajstić information content (AvgIpc) is 2.49. The van der Waals surface area contributed by atoms with Crippen LogP contribution in [-0.4, -0.2) is 44.7 Å². The van der Waals surface area contributed by atoms with Crippen LogP contribution in [0.5, 0.6) is 5.75 Å². The minimum atomic E-state index is -0.0441. The number of anilines is 1. The normalized spacial score (nSPS) is 16.0. The molecule has 110 valence electrons. The molecule has 1 aliphatic rings. The highest BCUT2D eigenvalue weighted by molar-refractivity contribution is 5.91. The first kappa shape index (κ1) is 14.7. The van der Waals surface area contributed by atoms with Gasteiger partial charge in [0.1, 0.15) is 5.75 Å². The molecule has 0 saturated carbocycles. The molecule has 20 heavy (non-hydrogen) atoms. The number of nitrogens with zero attached hydrogens (tertiary/aromatic N) is 1. The summed E-state index contributed by atoms with van der Waals surface area (Å²) in [6, 6.07) is 7.42. The van der Waals surface area contributed by atoms with Crippen molar-refractivity contribution >= 4 is 11.7 Å². The van der Waals surface area contributed by atoms with E-state index in [0.717, 1.165) is 38.2 Å². The number of benzene rings is 1. The molecule has 1 aliphatic heterocycles. The second-order valence-corrected chi connectivity index (χ2v) is 5.12. The lowest BCUT2D eigenvalue weighted by Gasteiger charge is -2.32. The molecule has 0 radical (unpaired) electrons. The Morgan fingerprint density at radius 2 is 2.05 bits per heavy atom. The number of hydrogen-bond acceptors (Lipinski definition) is 3. The van der Waals surface area contributed by atoms with Crippen molar-refractivity contribution in [3.05, 3.63) is 24.3 Å². The van der Waals surface area contributed by atoms with Gasteiger partial charge in [0.25, 0.3) is 0 Å². The van der Waals surface area contributed by atoms with E-state index in [-0.39, 0.29) is 6.03 Å². The van der Waals surface area contributed by atoms with Crippen molar-refractivity contribution in [3.63, 3.8) is 0 Å². The van der Waals surface area contributed by atoms with E-state index in [1.165, 1.54) is 0 Å². The first-order valence-electron chi connectivity index (χ1n) is 7.08. The average molecular weight is 277 g/mol. The molecule has 1 fully saturated rings. The van der Waals surface area contributed by atoms with Crippen LogP contribution in [0.1, 0.15) is 12.8 Å². The number of amides is 2. The van der Waals surface area contributed by atoms with Gasteiger partial charge >= 0.3 is 6.03 Å². The van der Waals surface area contributed by atoms with Gasteiger partial charge < -0.3 is 20.3 Å². The van der Waals surface area contributed by atoms with Gasteiger partial charge in [0.05, 0.1) is 12.8 Å². The van der Waals surface area contributed by atoms with Gasteiger partial charge in [0, 0.05) is 13.1 Å². The largest absolute Gasteiger partial charge is 0.495 e. The van der Waals surface area contributed by atoms with Gasteiger partial charge in [-0.2, -0.15) is 0 Å². The summed E-state index contributed by atoms with van der Waals surface area (Å²) in [4.78, 5) is 14.1. The number of ether oxygens (including phenoxy) is 1. The van der Waals surface area contributed by atoms with Gasteiger partial charge in [0.15, 0.2) is 0 Å². The predicted molar refractivity (Wildman–Crippen MR) is 80.2 cm³/mol. The van der Waals surface area contributed by atoms with Crippen molar-refractivity contribution < 1.29 is 9.53 Å². The predicted octanol–water partition coefficient (Wildman–Crippen LogP) is 2.16. The van der Waals surface area contributed by atoms with Crippen molar-refractivity contribution in [1.29, 1.82) is 0 Å². The molecule has 2 rings (SSSR count). The number of urea groups is 1. The minimum absolute atomic E-state index is 0.0441. The number of piperidine rings is 1. The van der Waals surface area contributed by atoms with E-state index in [1.807, 2.05) is 36.2 Å². The Hall–Kier alpha value is -1.75. The van der Waals surface area contributed by atoms with Crippen molar-refractivity contribution in [3.8, 4) is 5.75 Å². The maximum absolute atomic E-state index is 12.2. The molecule has 5 heteroatoms. The first-order valence-corrected chi connectivity index (χ1v) is 7.08. The van der Waals surface area contributed by atoms with Crippen LogP contribution in [0.4, 0.5) is 10.5 Å². The van der Waals surface area contributed by atoms with Gasteiger partial charge in [-0.3, -0.25) is 0 Å². The molecule has 0 spiro atoms. The highest BCUT2D eigenvalue weighted by Gasteiger charge is 2.22. The topological polar surface area (TPSA) is 53.6 Å². The van der Waals surface area contributed by atoms with E-state index >= 15 is 0 Å². The zero-order valence-corrected chi connectivity index (χ0v) is 12.2. The maximum Gasteiger partial charge on any atom is 0.321 e. The number of methoxy groups -OCH3 is 1. The molecule has 0 bridgehead atoms. The van der Waals surface area contributed by atoms with Crippen LogP contribution in [0.25, 0.3) is 0 Å². The Morgan fingerprint density at radius 1 is 1.35 bits per heavy atom. The fourth-order valence-corrected chi connectivity index (χ4v) is 2.57. The SMILES string of the molecule is CNCC1CCN(C(=O)Nc2ccccc2OC)CC1. The lowest BCUT2D eigenvalue weighted by Crippen LogP contribution is -2.42. The zero-order valence-electron chi connectivity index (χ0n) is 12.2. The molecule has 2 amide bonds. The fraction of sp³-hybridized carbons (Fsp3) is 0.533. The molecule has 0 unspecified atom stereocenters. The molecular formula is C15H23N3O2. The lowest BCUT2D eigenvalue weighted by atomic mass is 9.97. The number of carbonyl (C=O) groups is 1. The number of rotatable bonds is 4. The van der Waals surface area contributed by atoms with E-state index in [4.69, 9.17) is 4.74 Å². The van der Waals surface area contributed by atoms with Crippen LogP contribution >= 0.6 is 0 Å².